The van der Waals surface area contributed by atoms with Gasteiger partial charge in [-0.05, 0) is 42.6 Å². The highest BCUT2D eigenvalue weighted by atomic mass is 35.5. The van der Waals surface area contributed by atoms with Crippen molar-refractivity contribution in [3.63, 3.8) is 0 Å². The smallest absolute Gasteiger partial charge is 0.312 e. The molecule has 3 aromatic heterocycles. The lowest BCUT2D eigenvalue weighted by Gasteiger charge is -2.21. The van der Waals surface area contributed by atoms with Gasteiger partial charge in [0.15, 0.2) is 11.5 Å². The molecule has 0 aliphatic carbocycles. The Morgan fingerprint density at radius 2 is 2.06 bits per heavy atom. The van der Waals surface area contributed by atoms with Crippen LogP contribution in [0, 0.1) is 18.2 Å². The van der Waals surface area contributed by atoms with Crippen molar-refractivity contribution in [1.29, 1.82) is 0 Å². The quantitative estimate of drug-likeness (QED) is 0.415. The summed E-state index contributed by atoms with van der Waals surface area (Å²) >= 11 is 6.27. The van der Waals surface area contributed by atoms with Gasteiger partial charge in [-0.1, -0.05) is 35.9 Å². The van der Waals surface area contributed by atoms with Gasteiger partial charge in [-0.25, -0.2) is 4.98 Å². The summed E-state index contributed by atoms with van der Waals surface area (Å²) in [5.41, 5.74) is 1.68. The highest BCUT2D eigenvalue weighted by molar-refractivity contribution is 6.35. The predicted octanol–water partition coefficient (Wildman–Crippen LogP) is 4.22. The number of halogens is 2. The van der Waals surface area contributed by atoms with Crippen LogP contribution in [0.25, 0.3) is 27.6 Å². The predicted molar refractivity (Wildman–Crippen MR) is 116 cm³/mol. The topological polar surface area (TPSA) is 88.5 Å². The number of aromatic nitrogens is 5. The molecule has 9 heteroatoms. The van der Waals surface area contributed by atoms with Gasteiger partial charge in [0.05, 0.1) is 17.8 Å². The van der Waals surface area contributed by atoms with Gasteiger partial charge in [-0.3, -0.25) is 9.36 Å². The number of hydrogen-bond donors (Lipinski definition) is 2. The van der Waals surface area contributed by atoms with Crippen LogP contribution >= 0.6 is 11.6 Å². The lowest BCUT2D eigenvalue weighted by Crippen LogP contribution is -2.26. The molecule has 0 saturated carbocycles. The Hall–Kier alpha value is -3.96. The minimum Gasteiger partial charge on any atom is -0.360 e. The summed E-state index contributed by atoms with van der Waals surface area (Å²) in [6, 6.07) is 17.8. The van der Waals surface area contributed by atoms with E-state index in [1.807, 2.05) is 43.3 Å². The Labute approximate surface area is 180 Å². The number of anilines is 1. The van der Waals surface area contributed by atoms with Crippen molar-refractivity contribution < 1.29 is 4.39 Å². The number of para-hydroxylation sites is 1. The van der Waals surface area contributed by atoms with Gasteiger partial charge >= 0.3 is 6.08 Å². The molecule has 2 N–H and O–H groups in total. The number of nitrogens with one attached hydrogen (secondary N) is 2. The van der Waals surface area contributed by atoms with E-state index >= 15 is 0 Å². The summed E-state index contributed by atoms with van der Waals surface area (Å²) in [4.78, 5) is 27.9. The first-order valence-electron chi connectivity index (χ1n) is 9.39. The Morgan fingerprint density at radius 3 is 2.87 bits per heavy atom. The van der Waals surface area contributed by atoms with E-state index in [1.54, 1.807) is 10.6 Å². The first-order chi connectivity index (χ1) is 15.0. The molecule has 7 nitrogen and oxygen atoms in total. The SMILES string of the molecule is CC(Nc1nc(F)nc2nc[nH]c12)c1cc2cc#cc(Cl)c2c(=O)n1-c1ccccc1. The number of imidazole rings is 1. The van der Waals surface area contributed by atoms with Gasteiger partial charge in [0.2, 0.25) is 0 Å². The maximum atomic E-state index is 13.9. The summed E-state index contributed by atoms with van der Waals surface area (Å²) in [5.74, 6) is 0.241. The summed E-state index contributed by atoms with van der Waals surface area (Å²) in [7, 11) is 0. The van der Waals surface area contributed by atoms with E-state index in [0.717, 1.165) is 0 Å². The van der Waals surface area contributed by atoms with Crippen molar-refractivity contribution in [2.24, 2.45) is 0 Å². The lowest BCUT2D eigenvalue weighted by molar-refractivity contribution is 0.544. The zero-order chi connectivity index (χ0) is 21.5. The standard InChI is InChI=1S/C22H14ClFN6O/c1-12(27-20-18-19(26-11-25-18)28-22(24)29-20)16-10-13-6-5-9-15(23)17(13)21(31)30(16)14-7-3-2-4-8-14/h2-4,6-8,10-12H,1H3,(H2,25,26,27,28,29). The summed E-state index contributed by atoms with van der Waals surface area (Å²) < 4.78 is 15.5. The van der Waals surface area contributed by atoms with E-state index in [2.05, 4.69) is 37.4 Å². The highest BCUT2D eigenvalue weighted by Gasteiger charge is 2.20. The first kappa shape index (κ1) is 19.0. The zero-order valence-corrected chi connectivity index (χ0v) is 16.9. The molecule has 2 aromatic carbocycles. The molecule has 0 spiro atoms. The molecule has 1 atom stereocenters. The van der Waals surface area contributed by atoms with Crippen LogP contribution in [0.4, 0.5) is 10.2 Å². The van der Waals surface area contributed by atoms with Crippen molar-refractivity contribution in [3.8, 4) is 5.69 Å². The van der Waals surface area contributed by atoms with Gasteiger partial charge in [-0.15, -0.1) is 0 Å². The number of nitrogens with zero attached hydrogens (tertiary/aromatic N) is 4. The largest absolute Gasteiger partial charge is 0.360 e. The van der Waals surface area contributed by atoms with Gasteiger partial charge in [0, 0.05) is 11.4 Å². The number of rotatable bonds is 4. The Morgan fingerprint density at radius 1 is 1.26 bits per heavy atom. The van der Waals surface area contributed by atoms with Crippen LogP contribution in [0.3, 0.4) is 0 Å². The first-order valence-corrected chi connectivity index (χ1v) is 9.77. The number of hydrogen-bond acceptors (Lipinski definition) is 5. The van der Waals surface area contributed by atoms with Crippen LogP contribution in [0.15, 0.2) is 53.6 Å². The van der Waals surface area contributed by atoms with Crippen LogP contribution in [-0.2, 0) is 0 Å². The van der Waals surface area contributed by atoms with Crippen molar-refractivity contribution in [2.75, 3.05) is 5.32 Å². The Bertz CT molecular complexity index is 1480. The maximum absolute atomic E-state index is 13.9. The molecule has 0 saturated heterocycles. The zero-order valence-electron chi connectivity index (χ0n) is 16.1. The normalized spacial score (nSPS) is 12.1. The molecule has 152 valence electrons. The molecule has 0 fully saturated rings. The second kappa shape index (κ2) is 7.38. The average molecular weight is 433 g/mol. The summed E-state index contributed by atoms with van der Waals surface area (Å²) in [6.07, 6.45) is 0.518. The molecule has 0 amide bonds. The molecule has 1 unspecified atom stereocenters. The number of fused-ring (bicyclic) bond motifs is 2. The van der Waals surface area contributed by atoms with E-state index in [-0.39, 0.29) is 22.0 Å². The van der Waals surface area contributed by atoms with Crippen molar-refractivity contribution >= 4 is 39.4 Å². The van der Waals surface area contributed by atoms with E-state index in [1.165, 1.54) is 6.33 Å². The van der Waals surface area contributed by atoms with E-state index < -0.39 is 12.1 Å². The molecule has 0 radical (unpaired) electrons. The average Bonchev–Trinajstić information content (AvgIpc) is 3.22. The molecule has 0 bridgehead atoms. The van der Waals surface area contributed by atoms with Crippen molar-refractivity contribution in [2.45, 2.75) is 13.0 Å². The van der Waals surface area contributed by atoms with Crippen LogP contribution < -0.4 is 10.9 Å². The second-order valence-corrected chi connectivity index (χ2v) is 7.29. The third-order valence-electron chi connectivity index (χ3n) is 4.97. The molecule has 5 aromatic rings. The Balaban J connectivity index is 1.71. The minimum atomic E-state index is -0.898. The Kier molecular flexibility index (Phi) is 4.53. The van der Waals surface area contributed by atoms with Gasteiger partial charge < -0.3 is 10.3 Å². The fourth-order valence-electron chi connectivity index (χ4n) is 3.57. The minimum absolute atomic E-state index is 0.205. The van der Waals surface area contributed by atoms with Crippen molar-refractivity contribution in [1.82, 2.24) is 24.5 Å². The van der Waals surface area contributed by atoms with Gasteiger partial charge in [0.25, 0.3) is 5.56 Å². The van der Waals surface area contributed by atoms with Gasteiger partial charge in [0.1, 0.15) is 10.5 Å². The fourth-order valence-corrected chi connectivity index (χ4v) is 3.82. The number of aromatic amines is 1. The number of H-pyrrole nitrogens is 1. The van der Waals surface area contributed by atoms with Gasteiger partial charge in [-0.2, -0.15) is 14.4 Å². The molecular formula is C22H14ClFN6O. The molecule has 0 aliphatic heterocycles. The molecular weight excluding hydrogens is 419 g/mol. The van der Waals surface area contributed by atoms with Crippen LogP contribution in [0.1, 0.15) is 18.7 Å². The second-order valence-electron chi connectivity index (χ2n) is 6.91. The van der Waals surface area contributed by atoms with E-state index in [4.69, 9.17) is 11.6 Å². The third kappa shape index (κ3) is 3.25. The summed E-state index contributed by atoms with van der Waals surface area (Å²) in [5, 5.41) is 4.36. The molecule has 31 heavy (non-hydrogen) atoms. The van der Waals surface area contributed by atoms with Crippen LogP contribution in [-0.4, -0.2) is 24.5 Å². The monoisotopic (exact) mass is 432 g/mol. The highest BCUT2D eigenvalue weighted by Crippen LogP contribution is 2.27. The number of pyridine rings is 1. The van der Waals surface area contributed by atoms with Crippen LogP contribution in [0.2, 0.25) is 5.02 Å². The fraction of sp³-hybridized carbons (Fsp3) is 0.0909. The third-order valence-corrected chi connectivity index (χ3v) is 5.25. The molecule has 3 heterocycles. The lowest BCUT2D eigenvalue weighted by atomic mass is 10.1. The maximum Gasteiger partial charge on any atom is 0.312 e. The molecule has 5 rings (SSSR count). The van der Waals surface area contributed by atoms with E-state index in [0.29, 0.717) is 27.7 Å². The number of benzene rings is 1. The summed E-state index contributed by atoms with van der Waals surface area (Å²) in [6.45, 7) is 1.85. The van der Waals surface area contributed by atoms with E-state index in [9.17, 15) is 9.18 Å². The van der Waals surface area contributed by atoms with Crippen LogP contribution in [0.5, 0.6) is 0 Å². The molecule has 0 aliphatic rings. The van der Waals surface area contributed by atoms with Crippen molar-refractivity contribution in [3.05, 3.63) is 88.1 Å².